The van der Waals surface area contributed by atoms with Gasteiger partial charge in [0.25, 0.3) is 0 Å². The smallest absolute Gasteiger partial charge is 0.228 e. The minimum Gasteiger partial charge on any atom is -0.340 e. The zero-order chi connectivity index (χ0) is 15.9. The second-order valence-electron chi connectivity index (χ2n) is 5.61. The number of amides is 2. The van der Waals surface area contributed by atoms with E-state index >= 15 is 0 Å². The molecule has 0 aliphatic carbocycles. The van der Waals surface area contributed by atoms with Crippen LogP contribution in [0.5, 0.6) is 0 Å². The average Bonchev–Trinajstić information content (AvgIpc) is 2.83. The van der Waals surface area contributed by atoms with Crippen LogP contribution in [0.25, 0.3) is 0 Å². The minimum atomic E-state index is -1.01. The number of likely N-dealkylation sites (tertiary alicyclic amines) is 1. The molecule has 22 heavy (non-hydrogen) atoms. The molecule has 4 nitrogen and oxygen atoms in total. The van der Waals surface area contributed by atoms with Crippen molar-refractivity contribution in [3.05, 3.63) is 29.8 Å². The highest BCUT2D eigenvalue weighted by Crippen LogP contribution is 2.29. The maximum absolute atomic E-state index is 13.3. The normalized spacial score (nSPS) is 21.7. The van der Waals surface area contributed by atoms with Crippen molar-refractivity contribution in [3.8, 4) is 12.3 Å². The lowest BCUT2D eigenvalue weighted by Gasteiger charge is -2.37. The van der Waals surface area contributed by atoms with Crippen molar-refractivity contribution >= 4 is 17.5 Å². The Morgan fingerprint density at radius 3 is 2.59 bits per heavy atom. The van der Waals surface area contributed by atoms with Crippen LogP contribution in [-0.4, -0.2) is 36.3 Å². The molecule has 0 N–H and O–H groups in total. The number of carbonyl (C=O) groups is 2. The Balaban J connectivity index is 1.69. The molecule has 114 valence electrons. The third-order valence-corrected chi connectivity index (χ3v) is 4.12. The number of nitrogens with zero attached hydrogens (tertiary/aromatic N) is 2. The first kappa shape index (κ1) is 14.5. The number of rotatable bonds is 2. The second-order valence-corrected chi connectivity index (χ2v) is 5.61. The maximum atomic E-state index is 13.3. The number of terminal acetylenes is 1. The van der Waals surface area contributed by atoms with Gasteiger partial charge in [0.05, 0.1) is 11.8 Å². The van der Waals surface area contributed by atoms with Gasteiger partial charge in [-0.3, -0.25) is 9.59 Å². The molecule has 0 radical (unpaired) electrons. The van der Waals surface area contributed by atoms with Crippen molar-refractivity contribution in [2.24, 2.45) is 11.8 Å². The van der Waals surface area contributed by atoms with Crippen molar-refractivity contribution in [2.45, 2.75) is 6.42 Å². The molecule has 0 spiro atoms. The van der Waals surface area contributed by atoms with Gasteiger partial charge in [-0.1, -0.05) is 5.92 Å². The van der Waals surface area contributed by atoms with Gasteiger partial charge < -0.3 is 9.80 Å². The van der Waals surface area contributed by atoms with E-state index in [0.717, 1.165) is 12.1 Å². The summed E-state index contributed by atoms with van der Waals surface area (Å²) in [6.07, 6.45) is 5.36. The Labute approximate surface area is 126 Å². The van der Waals surface area contributed by atoms with Crippen molar-refractivity contribution in [3.63, 3.8) is 0 Å². The zero-order valence-corrected chi connectivity index (χ0v) is 11.8. The van der Waals surface area contributed by atoms with Gasteiger partial charge >= 0.3 is 0 Å². The summed E-state index contributed by atoms with van der Waals surface area (Å²) in [4.78, 5) is 27.3. The van der Waals surface area contributed by atoms with Crippen LogP contribution in [0.3, 0.4) is 0 Å². The summed E-state index contributed by atoms with van der Waals surface area (Å²) in [5.74, 6) is -0.144. The molecule has 1 aromatic carbocycles. The summed E-state index contributed by atoms with van der Waals surface area (Å²) in [7, 11) is 0. The van der Waals surface area contributed by atoms with Crippen LogP contribution in [0.2, 0.25) is 0 Å². The fourth-order valence-corrected chi connectivity index (χ4v) is 2.80. The van der Waals surface area contributed by atoms with E-state index in [9.17, 15) is 18.4 Å². The highest BCUT2D eigenvalue weighted by Gasteiger charge is 2.40. The summed E-state index contributed by atoms with van der Waals surface area (Å²) in [5.41, 5.74) is 0.268. The third kappa shape index (κ3) is 2.43. The average molecular weight is 304 g/mol. The molecule has 2 saturated heterocycles. The standard InChI is InChI=1S/C16H14F2N2O2/c1-2-10-7-19(8-10)16(22)11-5-15(21)20(9-11)12-3-4-13(17)14(18)6-12/h1,3-4,6,10-11H,5,7-9H2. The molecule has 0 aromatic heterocycles. The first-order valence-electron chi connectivity index (χ1n) is 7.00. The lowest BCUT2D eigenvalue weighted by Crippen LogP contribution is -2.51. The van der Waals surface area contributed by atoms with E-state index in [1.165, 1.54) is 11.0 Å². The predicted molar refractivity (Wildman–Crippen MR) is 75.7 cm³/mol. The molecule has 2 amide bonds. The van der Waals surface area contributed by atoms with Crippen molar-refractivity contribution in [1.82, 2.24) is 4.90 Å². The fourth-order valence-electron chi connectivity index (χ4n) is 2.80. The van der Waals surface area contributed by atoms with Gasteiger partial charge in [-0.2, -0.15) is 0 Å². The molecule has 6 heteroatoms. The highest BCUT2D eigenvalue weighted by atomic mass is 19.2. The Morgan fingerprint density at radius 2 is 1.95 bits per heavy atom. The molecule has 0 bridgehead atoms. The van der Waals surface area contributed by atoms with Crippen LogP contribution < -0.4 is 4.90 Å². The van der Waals surface area contributed by atoms with Crippen LogP contribution in [0.1, 0.15) is 6.42 Å². The molecule has 3 rings (SSSR count). The van der Waals surface area contributed by atoms with E-state index in [1.54, 1.807) is 4.90 Å². The summed E-state index contributed by atoms with van der Waals surface area (Å²) in [6.45, 7) is 1.22. The lowest BCUT2D eigenvalue weighted by molar-refractivity contribution is -0.140. The van der Waals surface area contributed by atoms with Crippen LogP contribution in [-0.2, 0) is 9.59 Å². The largest absolute Gasteiger partial charge is 0.340 e. The van der Waals surface area contributed by atoms with Gasteiger partial charge in [-0.25, -0.2) is 8.78 Å². The van der Waals surface area contributed by atoms with Gasteiger partial charge in [0.15, 0.2) is 11.6 Å². The molecule has 2 heterocycles. The number of halogens is 2. The fraction of sp³-hybridized carbons (Fsp3) is 0.375. The van der Waals surface area contributed by atoms with Crippen molar-refractivity contribution in [2.75, 3.05) is 24.5 Å². The van der Waals surface area contributed by atoms with Gasteiger partial charge in [-0.15, -0.1) is 6.42 Å². The van der Waals surface area contributed by atoms with Gasteiger partial charge in [-0.05, 0) is 12.1 Å². The Bertz CT molecular complexity index is 677. The highest BCUT2D eigenvalue weighted by molar-refractivity contribution is 6.00. The quantitative estimate of drug-likeness (QED) is 0.775. The van der Waals surface area contributed by atoms with Gasteiger partial charge in [0.1, 0.15) is 0 Å². The topological polar surface area (TPSA) is 40.6 Å². The number of carbonyl (C=O) groups excluding carboxylic acids is 2. The zero-order valence-electron chi connectivity index (χ0n) is 11.8. The third-order valence-electron chi connectivity index (χ3n) is 4.12. The minimum absolute atomic E-state index is 0.0784. The maximum Gasteiger partial charge on any atom is 0.228 e. The summed E-state index contributed by atoms with van der Waals surface area (Å²) >= 11 is 0. The molecular formula is C16H14F2N2O2. The van der Waals surface area contributed by atoms with E-state index in [2.05, 4.69) is 5.92 Å². The Kier molecular flexibility index (Phi) is 3.57. The van der Waals surface area contributed by atoms with E-state index in [4.69, 9.17) is 6.42 Å². The van der Waals surface area contributed by atoms with Crippen molar-refractivity contribution in [1.29, 1.82) is 0 Å². The van der Waals surface area contributed by atoms with Crippen LogP contribution in [0, 0.1) is 35.8 Å². The van der Waals surface area contributed by atoms with Gasteiger partial charge in [0.2, 0.25) is 11.8 Å². The number of benzene rings is 1. The molecule has 0 saturated carbocycles. The van der Waals surface area contributed by atoms with E-state index in [0.29, 0.717) is 13.1 Å². The summed E-state index contributed by atoms with van der Waals surface area (Å²) in [5, 5.41) is 0. The molecule has 1 aromatic rings. The number of anilines is 1. The van der Waals surface area contributed by atoms with Crippen LogP contribution >= 0.6 is 0 Å². The Morgan fingerprint density at radius 1 is 1.23 bits per heavy atom. The first-order chi connectivity index (χ1) is 10.5. The Hall–Kier alpha value is -2.42. The number of hydrogen-bond donors (Lipinski definition) is 0. The molecule has 2 aliphatic heterocycles. The SMILES string of the molecule is C#CC1CN(C(=O)C2CC(=O)N(c3ccc(F)c(F)c3)C2)C1. The van der Waals surface area contributed by atoms with E-state index < -0.39 is 17.6 Å². The van der Waals surface area contributed by atoms with Crippen molar-refractivity contribution < 1.29 is 18.4 Å². The molecule has 1 unspecified atom stereocenters. The van der Waals surface area contributed by atoms with E-state index in [-0.39, 0.29) is 36.4 Å². The first-order valence-corrected chi connectivity index (χ1v) is 7.00. The van der Waals surface area contributed by atoms with Gasteiger partial charge in [0, 0.05) is 37.8 Å². The second kappa shape index (κ2) is 5.41. The summed E-state index contributed by atoms with van der Waals surface area (Å²) < 4.78 is 26.2. The predicted octanol–water partition coefficient (Wildman–Crippen LogP) is 1.41. The van der Waals surface area contributed by atoms with E-state index in [1.807, 2.05) is 0 Å². The molecule has 2 fully saturated rings. The lowest BCUT2D eigenvalue weighted by atomic mass is 9.97. The molecule has 2 aliphatic rings. The van der Waals surface area contributed by atoms with Crippen LogP contribution in [0.15, 0.2) is 18.2 Å². The monoisotopic (exact) mass is 304 g/mol. The molecular weight excluding hydrogens is 290 g/mol. The summed E-state index contributed by atoms with van der Waals surface area (Å²) in [6, 6.07) is 3.28. The number of hydrogen-bond acceptors (Lipinski definition) is 2. The molecule has 1 atom stereocenters. The van der Waals surface area contributed by atoms with Crippen LogP contribution in [0.4, 0.5) is 14.5 Å².